The van der Waals surface area contributed by atoms with Crippen LogP contribution in [0.25, 0.3) is 0 Å². The molecule has 1 amide bonds. The molecule has 0 radical (unpaired) electrons. The summed E-state index contributed by atoms with van der Waals surface area (Å²) in [4.78, 5) is 13.8. The first-order valence-corrected chi connectivity index (χ1v) is 5.42. The number of nitrogen functional groups attached to an aromatic ring is 1. The normalized spacial score (nSPS) is 20.1. The summed E-state index contributed by atoms with van der Waals surface area (Å²) in [5.74, 6) is -0.0767. The third-order valence-electron chi connectivity index (χ3n) is 2.97. The van der Waals surface area contributed by atoms with Crippen LogP contribution in [0.15, 0.2) is 18.2 Å². The number of aryl methyl sites for hydroxylation is 1. The molecule has 1 aromatic carbocycles. The van der Waals surface area contributed by atoms with Crippen LogP contribution in [-0.2, 0) is 0 Å². The largest absolute Gasteiger partial charge is 0.398 e. The second-order valence-electron chi connectivity index (χ2n) is 4.23. The maximum Gasteiger partial charge on any atom is 0.256 e. The van der Waals surface area contributed by atoms with Crippen molar-refractivity contribution in [3.05, 3.63) is 29.3 Å². The molecule has 1 aliphatic heterocycles. The summed E-state index contributed by atoms with van der Waals surface area (Å²) >= 11 is 0. The summed E-state index contributed by atoms with van der Waals surface area (Å²) in [7, 11) is 0. The van der Waals surface area contributed by atoms with Gasteiger partial charge in [-0.25, -0.2) is 0 Å². The maximum atomic E-state index is 12.2. The molecule has 1 aromatic rings. The molecule has 4 heteroatoms. The van der Waals surface area contributed by atoms with Crippen molar-refractivity contribution >= 4 is 11.6 Å². The number of β-amino-alcohol motifs (C(OH)–C–C–N with tert-alkyl or cyclic N) is 1. The highest BCUT2D eigenvalue weighted by atomic mass is 16.3. The molecule has 4 nitrogen and oxygen atoms in total. The molecule has 0 bridgehead atoms. The number of benzene rings is 1. The molecular formula is C12H16N2O2. The molecule has 1 atom stereocenters. The number of aliphatic hydroxyl groups excluding tert-OH is 1. The fourth-order valence-corrected chi connectivity index (χ4v) is 2.07. The standard InChI is InChI=1S/C12H16N2O2/c1-8-3-2-4-10(13)11(8)12(16)14-6-5-9(15)7-14/h2-4,9,15H,5-7,13H2,1H3/t9-/m1/s1. The Bertz CT molecular complexity index is 397. The van der Waals surface area contributed by atoms with E-state index in [9.17, 15) is 9.90 Å². The van der Waals surface area contributed by atoms with Crippen LogP contribution in [0.4, 0.5) is 5.69 Å². The van der Waals surface area contributed by atoms with Gasteiger partial charge in [0.05, 0.1) is 11.7 Å². The monoisotopic (exact) mass is 220 g/mol. The van der Waals surface area contributed by atoms with E-state index in [1.54, 1.807) is 11.0 Å². The Kier molecular flexibility index (Phi) is 2.83. The smallest absolute Gasteiger partial charge is 0.256 e. The molecule has 0 saturated carbocycles. The summed E-state index contributed by atoms with van der Waals surface area (Å²) in [6.07, 6.45) is 0.256. The zero-order valence-electron chi connectivity index (χ0n) is 9.31. The molecule has 0 spiro atoms. The van der Waals surface area contributed by atoms with Gasteiger partial charge in [-0.15, -0.1) is 0 Å². The molecule has 1 heterocycles. The first-order chi connectivity index (χ1) is 7.59. The average Bonchev–Trinajstić information content (AvgIpc) is 2.64. The highest BCUT2D eigenvalue weighted by Gasteiger charge is 2.27. The molecule has 0 aromatic heterocycles. The minimum atomic E-state index is -0.394. The fraction of sp³-hybridized carbons (Fsp3) is 0.417. The highest BCUT2D eigenvalue weighted by molar-refractivity contribution is 6.00. The summed E-state index contributed by atoms with van der Waals surface area (Å²) < 4.78 is 0. The van der Waals surface area contributed by atoms with E-state index in [0.29, 0.717) is 30.8 Å². The summed E-state index contributed by atoms with van der Waals surface area (Å²) in [5.41, 5.74) is 7.77. The Hall–Kier alpha value is -1.55. The lowest BCUT2D eigenvalue weighted by Crippen LogP contribution is -2.30. The van der Waals surface area contributed by atoms with E-state index in [-0.39, 0.29) is 5.91 Å². The van der Waals surface area contributed by atoms with Crippen molar-refractivity contribution in [1.29, 1.82) is 0 Å². The van der Waals surface area contributed by atoms with Crippen molar-refractivity contribution in [2.45, 2.75) is 19.4 Å². The first-order valence-electron chi connectivity index (χ1n) is 5.42. The molecule has 2 rings (SSSR count). The number of nitrogens with zero attached hydrogens (tertiary/aromatic N) is 1. The number of hydrogen-bond donors (Lipinski definition) is 2. The zero-order chi connectivity index (χ0) is 11.7. The van der Waals surface area contributed by atoms with Gasteiger partial charge in [0.15, 0.2) is 0 Å². The molecule has 0 aliphatic carbocycles. The Morgan fingerprint density at radius 3 is 2.88 bits per heavy atom. The Balaban J connectivity index is 2.27. The van der Waals surface area contributed by atoms with Crippen LogP contribution in [0.3, 0.4) is 0 Å². The summed E-state index contributed by atoms with van der Waals surface area (Å²) in [6.45, 7) is 2.89. The van der Waals surface area contributed by atoms with E-state index < -0.39 is 6.10 Å². The van der Waals surface area contributed by atoms with E-state index in [1.165, 1.54) is 0 Å². The number of amides is 1. The SMILES string of the molecule is Cc1cccc(N)c1C(=O)N1CC[C@@H](O)C1. The van der Waals surface area contributed by atoms with Crippen molar-refractivity contribution in [3.63, 3.8) is 0 Å². The molecular weight excluding hydrogens is 204 g/mol. The molecule has 86 valence electrons. The van der Waals surface area contributed by atoms with E-state index in [1.807, 2.05) is 19.1 Å². The number of aliphatic hydroxyl groups is 1. The number of nitrogens with two attached hydrogens (primary N) is 1. The molecule has 3 N–H and O–H groups in total. The number of hydrogen-bond acceptors (Lipinski definition) is 3. The maximum absolute atomic E-state index is 12.2. The van der Waals surface area contributed by atoms with Crippen molar-refractivity contribution in [2.75, 3.05) is 18.8 Å². The summed E-state index contributed by atoms with van der Waals surface area (Å²) in [5, 5.41) is 9.41. The van der Waals surface area contributed by atoms with E-state index in [2.05, 4.69) is 0 Å². The quantitative estimate of drug-likeness (QED) is 0.687. The lowest BCUT2D eigenvalue weighted by molar-refractivity contribution is 0.0765. The van der Waals surface area contributed by atoms with E-state index >= 15 is 0 Å². The fourth-order valence-electron chi connectivity index (χ4n) is 2.07. The number of likely N-dealkylation sites (tertiary alicyclic amines) is 1. The lowest BCUT2D eigenvalue weighted by atomic mass is 10.1. The van der Waals surface area contributed by atoms with Crippen LogP contribution in [0, 0.1) is 6.92 Å². The van der Waals surface area contributed by atoms with E-state index in [4.69, 9.17) is 5.73 Å². The minimum Gasteiger partial charge on any atom is -0.398 e. The van der Waals surface area contributed by atoms with Gasteiger partial charge in [0.1, 0.15) is 0 Å². The van der Waals surface area contributed by atoms with Gasteiger partial charge in [-0.3, -0.25) is 4.79 Å². The molecule has 1 fully saturated rings. The number of anilines is 1. The van der Waals surface area contributed by atoms with Gasteiger partial charge >= 0.3 is 0 Å². The highest BCUT2D eigenvalue weighted by Crippen LogP contribution is 2.21. The first kappa shape index (κ1) is 11.0. The van der Waals surface area contributed by atoms with Gasteiger partial charge < -0.3 is 15.7 Å². The number of carbonyl (C=O) groups excluding carboxylic acids is 1. The third kappa shape index (κ3) is 1.88. The van der Waals surface area contributed by atoms with Crippen LogP contribution in [0.1, 0.15) is 22.3 Å². The van der Waals surface area contributed by atoms with Crippen LogP contribution in [0.2, 0.25) is 0 Å². The minimum absolute atomic E-state index is 0.0767. The predicted octanol–water partition coefficient (Wildman–Crippen LogP) is 0.784. The van der Waals surface area contributed by atoms with Crippen LogP contribution in [-0.4, -0.2) is 35.1 Å². The average molecular weight is 220 g/mol. The number of rotatable bonds is 1. The third-order valence-corrected chi connectivity index (χ3v) is 2.97. The molecule has 1 aliphatic rings. The zero-order valence-corrected chi connectivity index (χ0v) is 9.31. The summed E-state index contributed by atoms with van der Waals surface area (Å²) in [6, 6.07) is 5.43. The van der Waals surface area contributed by atoms with Crippen molar-refractivity contribution in [3.8, 4) is 0 Å². The lowest BCUT2D eigenvalue weighted by Gasteiger charge is -2.18. The second-order valence-corrected chi connectivity index (χ2v) is 4.23. The van der Waals surface area contributed by atoms with Gasteiger partial charge in [0, 0.05) is 18.8 Å². The topological polar surface area (TPSA) is 66.6 Å². The van der Waals surface area contributed by atoms with Gasteiger partial charge in [-0.2, -0.15) is 0 Å². The molecule has 16 heavy (non-hydrogen) atoms. The van der Waals surface area contributed by atoms with Crippen LogP contribution in [0.5, 0.6) is 0 Å². The molecule has 0 unspecified atom stereocenters. The molecule has 1 saturated heterocycles. The van der Waals surface area contributed by atoms with Gasteiger partial charge in [-0.05, 0) is 25.0 Å². The number of carbonyl (C=O) groups is 1. The second kappa shape index (κ2) is 4.14. The van der Waals surface area contributed by atoms with Gasteiger partial charge in [0.25, 0.3) is 5.91 Å². The van der Waals surface area contributed by atoms with Gasteiger partial charge in [-0.1, -0.05) is 12.1 Å². The van der Waals surface area contributed by atoms with Crippen molar-refractivity contribution in [2.24, 2.45) is 0 Å². The van der Waals surface area contributed by atoms with E-state index in [0.717, 1.165) is 5.56 Å². The van der Waals surface area contributed by atoms with Crippen molar-refractivity contribution < 1.29 is 9.90 Å². The van der Waals surface area contributed by atoms with Crippen LogP contribution >= 0.6 is 0 Å². The predicted molar refractivity (Wildman–Crippen MR) is 62.1 cm³/mol. The Morgan fingerprint density at radius 2 is 2.31 bits per heavy atom. The van der Waals surface area contributed by atoms with Crippen LogP contribution < -0.4 is 5.73 Å². The van der Waals surface area contributed by atoms with Gasteiger partial charge in [0.2, 0.25) is 0 Å². The Labute approximate surface area is 94.7 Å². The Morgan fingerprint density at radius 1 is 1.56 bits per heavy atom. The van der Waals surface area contributed by atoms with Crippen molar-refractivity contribution in [1.82, 2.24) is 4.90 Å².